The molecule has 0 saturated heterocycles. The molecule has 0 aromatic rings. The van der Waals surface area contributed by atoms with Crippen LogP contribution in [0.1, 0.15) is 6.92 Å². The highest BCUT2D eigenvalue weighted by Gasteiger charge is 2.30. The van der Waals surface area contributed by atoms with E-state index in [1.807, 2.05) is 0 Å². The van der Waals surface area contributed by atoms with Crippen LogP contribution in [-0.2, 0) is 0 Å². The van der Waals surface area contributed by atoms with Gasteiger partial charge in [0.25, 0.3) is 0 Å². The van der Waals surface area contributed by atoms with Crippen LogP contribution in [0, 0.1) is 0 Å². The number of halogens is 3. The van der Waals surface area contributed by atoms with E-state index < -0.39 is 11.7 Å². The van der Waals surface area contributed by atoms with Crippen molar-refractivity contribution in [2.24, 2.45) is 0 Å². The highest BCUT2D eigenvalue weighted by atomic mass is 19.4. The first-order valence-corrected chi connectivity index (χ1v) is 3.05. The Morgan fingerprint density at radius 2 is 1.91 bits per heavy atom. The fraction of sp³-hybridized carbons (Fsp3) is 0.250. The molecule has 0 heterocycles. The molecule has 0 aromatic heterocycles. The van der Waals surface area contributed by atoms with Gasteiger partial charge in [-0.2, -0.15) is 13.2 Å². The molecule has 0 aliphatic rings. The van der Waals surface area contributed by atoms with Gasteiger partial charge in [0.15, 0.2) is 0 Å². The Kier molecular flexibility index (Phi) is 3.65. The van der Waals surface area contributed by atoms with Crippen LogP contribution in [0.4, 0.5) is 13.2 Å². The van der Waals surface area contributed by atoms with Crippen LogP contribution in [0.25, 0.3) is 0 Å². The number of alkyl halides is 3. The third-order valence-electron chi connectivity index (χ3n) is 1.02. The van der Waals surface area contributed by atoms with Crippen LogP contribution in [0.3, 0.4) is 0 Å². The molecule has 3 heteroatoms. The highest BCUT2D eigenvalue weighted by molar-refractivity contribution is 5.26. The zero-order chi connectivity index (χ0) is 8.91. The monoisotopic (exact) mass is 162 g/mol. The molecule has 0 unspecified atom stereocenters. The maximum absolute atomic E-state index is 11.9. The van der Waals surface area contributed by atoms with Gasteiger partial charge in [-0.15, -0.1) is 0 Å². The van der Waals surface area contributed by atoms with Crippen molar-refractivity contribution in [1.82, 2.24) is 0 Å². The van der Waals surface area contributed by atoms with Gasteiger partial charge in [-0.1, -0.05) is 30.9 Å². The first-order chi connectivity index (χ1) is 5.02. The summed E-state index contributed by atoms with van der Waals surface area (Å²) in [5, 5.41) is 0. The van der Waals surface area contributed by atoms with Crippen molar-refractivity contribution < 1.29 is 13.2 Å². The molecule has 0 aliphatic heterocycles. The summed E-state index contributed by atoms with van der Waals surface area (Å²) in [5.74, 6) is 0. The molecular formula is C8H9F3. The third-order valence-corrected chi connectivity index (χ3v) is 1.02. The minimum Gasteiger partial charge on any atom is -0.166 e. The van der Waals surface area contributed by atoms with E-state index in [4.69, 9.17) is 0 Å². The lowest BCUT2D eigenvalue weighted by Gasteiger charge is -2.04. The van der Waals surface area contributed by atoms with Crippen LogP contribution < -0.4 is 0 Å². The quantitative estimate of drug-likeness (QED) is 0.547. The molecule has 62 valence electrons. The summed E-state index contributed by atoms with van der Waals surface area (Å²) in [4.78, 5) is 0. The minimum atomic E-state index is -4.29. The summed E-state index contributed by atoms with van der Waals surface area (Å²) < 4.78 is 35.6. The van der Waals surface area contributed by atoms with Gasteiger partial charge in [0.1, 0.15) is 0 Å². The minimum absolute atomic E-state index is 0.726. The molecule has 0 radical (unpaired) electrons. The van der Waals surface area contributed by atoms with Crippen molar-refractivity contribution in [2.45, 2.75) is 13.1 Å². The van der Waals surface area contributed by atoms with Crippen molar-refractivity contribution in [3.63, 3.8) is 0 Å². The molecule has 0 aromatic carbocycles. The van der Waals surface area contributed by atoms with Gasteiger partial charge in [0.2, 0.25) is 0 Å². The summed E-state index contributed by atoms with van der Waals surface area (Å²) in [6, 6.07) is 0. The summed E-state index contributed by atoms with van der Waals surface area (Å²) in [6.07, 6.45) is 0.327. The molecular weight excluding hydrogens is 153 g/mol. The smallest absolute Gasteiger partial charge is 0.166 e. The van der Waals surface area contributed by atoms with E-state index in [9.17, 15) is 13.2 Å². The van der Waals surface area contributed by atoms with Gasteiger partial charge in [-0.05, 0) is 6.92 Å². The van der Waals surface area contributed by atoms with E-state index in [1.54, 1.807) is 6.92 Å². The van der Waals surface area contributed by atoms with Gasteiger partial charge in [0.05, 0.1) is 5.57 Å². The van der Waals surface area contributed by atoms with E-state index >= 15 is 0 Å². The number of hydrogen-bond acceptors (Lipinski definition) is 0. The third kappa shape index (κ3) is 3.65. The SMILES string of the molecule is C=CC(=CC=CC)C(F)(F)F. The Bertz CT molecular complexity index is 184. The second-order valence-corrected chi connectivity index (χ2v) is 1.85. The Morgan fingerprint density at radius 1 is 1.36 bits per heavy atom. The molecule has 0 atom stereocenters. The number of hydrogen-bond donors (Lipinski definition) is 0. The molecule has 0 rings (SSSR count). The lowest BCUT2D eigenvalue weighted by Crippen LogP contribution is -2.09. The van der Waals surface area contributed by atoms with Crippen molar-refractivity contribution in [2.75, 3.05) is 0 Å². The van der Waals surface area contributed by atoms with Crippen molar-refractivity contribution in [3.8, 4) is 0 Å². The summed E-state index contributed by atoms with van der Waals surface area (Å²) >= 11 is 0. The summed E-state index contributed by atoms with van der Waals surface area (Å²) in [5.41, 5.74) is -0.726. The molecule has 11 heavy (non-hydrogen) atoms. The number of rotatable bonds is 2. The van der Waals surface area contributed by atoms with E-state index in [1.165, 1.54) is 12.2 Å². The van der Waals surface area contributed by atoms with E-state index in [-0.39, 0.29) is 0 Å². The van der Waals surface area contributed by atoms with Crippen LogP contribution in [0.2, 0.25) is 0 Å². The van der Waals surface area contributed by atoms with Crippen LogP contribution in [0.15, 0.2) is 36.5 Å². The second-order valence-electron chi connectivity index (χ2n) is 1.85. The lowest BCUT2D eigenvalue weighted by molar-refractivity contribution is -0.0881. The Morgan fingerprint density at radius 3 is 2.18 bits per heavy atom. The summed E-state index contributed by atoms with van der Waals surface area (Å²) in [6.45, 7) is 4.70. The normalized spacial score (nSPS) is 14.0. The van der Waals surface area contributed by atoms with Gasteiger partial charge in [-0.3, -0.25) is 0 Å². The van der Waals surface area contributed by atoms with Crippen molar-refractivity contribution >= 4 is 0 Å². The van der Waals surface area contributed by atoms with Crippen molar-refractivity contribution in [1.29, 1.82) is 0 Å². The molecule has 0 saturated carbocycles. The molecule has 0 spiro atoms. The zero-order valence-electron chi connectivity index (χ0n) is 6.15. The Hall–Kier alpha value is -0.990. The molecule has 0 N–H and O–H groups in total. The first kappa shape index (κ1) is 10.0. The average Bonchev–Trinajstić information content (AvgIpc) is 1.87. The maximum Gasteiger partial charge on any atom is 0.416 e. The fourth-order valence-electron chi connectivity index (χ4n) is 0.478. The predicted molar refractivity (Wildman–Crippen MR) is 39.1 cm³/mol. The molecule has 0 amide bonds. The first-order valence-electron chi connectivity index (χ1n) is 3.05. The summed E-state index contributed by atoms with van der Waals surface area (Å²) in [7, 11) is 0. The molecule has 0 aliphatic carbocycles. The fourth-order valence-corrected chi connectivity index (χ4v) is 0.478. The van der Waals surface area contributed by atoms with Gasteiger partial charge < -0.3 is 0 Å². The predicted octanol–water partition coefficient (Wildman–Crippen LogP) is 3.24. The highest BCUT2D eigenvalue weighted by Crippen LogP contribution is 2.25. The number of allylic oxidation sites excluding steroid dienone is 5. The van der Waals surface area contributed by atoms with Crippen molar-refractivity contribution in [3.05, 3.63) is 36.5 Å². The molecule has 0 fully saturated rings. The topological polar surface area (TPSA) is 0 Å². The van der Waals surface area contributed by atoms with Crippen LogP contribution in [-0.4, -0.2) is 6.18 Å². The van der Waals surface area contributed by atoms with Gasteiger partial charge >= 0.3 is 6.18 Å². The van der Waals surface area contributed by atoms with E-state index in [0.717, 1.165) is 12.2 Å². The molecule has 0 bridgehead atoms. The van der Waals surface area contributed by atoms with E-state index in [0.29, 0.717) is 0 Å². The average molecular weight is 162 g/mol. The maximum atomic E-state index is 11.9. The largest absolute Gasteiger partial charge is 0.416 e. The van der Waals surface area contributed by atoms with Crippen LogP contribution in [0.5, 0.6) is 0 Å². The standard InChI is InChI=1S/C8H9F3/c1-3-5-6-7(4-2)8(9,10)11/h3-6H,2H2,1H3. The lowest BCUT2D eigenvalue weighted by atomic mass is 10.2. The van der Waals surface area contributed by atoms with Crippen LogP contribution >= 0.6 is 0 Å². The zero-order valence-corrected chi connectivity index (χ0v) is 6.15. The van der Waals surface area contributed by atoms with Gasteiger partial charge in [-0.25, -0.2) is 0 Å². The molecule has 0 nitrogen and oxygen atoms in total. The Balaban J connectivity index is 4.53. The van der Waals surface area contributed by atoms with E-state index in [2.05, 4.69) is 6.58 Å². The van der Waals surface area contributed by atoms with Gasteiger partial charge in [0, 0.05) is 0 Å². The Labute approximate surface area is 63.7 Å². The second kappa shape index (κ2) is 4.01.